The second-order valence-electron chi connectivity index (χ2n) is 6.56. The minimum atomic E-state index is 0.253. The number of hydrogen-bond donors (Lipinski definition) is 1. The zero-order valence-electron chi connectivity index (χ0n) is 12.9. The molecule has 1 aromatic carbocycles. The van der Waals surface area contributed by atoms with E-state index in [0.717, 1.165) is 23.8 Å². The summed E-state index contributed by atoms with van der Waals surface area (Å²) < 4.78 is 0. The van der Waals surface area contributed by atoms with Crippen molar-refractivity contribution >= 4 is 0 Å². The Hall–Kier alpha value is -1.68. The smallest absolute Gasteiger partial charge is 0.0969 e. The van der Waals surface area contributed by atoms with E-state index in [-0.39, 0.29) is 5.54 Å². The van der Waals surface area contributed by atoms with Crippen molar-refractivity contribution in [2.45, 2.75) is 51.6 Å². The first-order valence-corrected chi connectivity index (χ1v) is 7.86. The van der Waals surface area contributed by atoms with Crippen LogP contribution >= 0.6 is 0 Å². The molecule has 3 rings (SSSR count). The molecule has 112 valence electrons. The van der Waals surface area contributed by atoms with Gasteiger partial charge in [0.05, 0.1) is 17.6 Å². The summed E-state index contributed by atoms with van der Waals surface area (Å²) in [4.78, 5) is 1.70. The molecule has 0 radical (unpaired) electrons. The monoisotopic (exact) mass is 284 g/mol. The quantitative estimate of drug-likeness (QED) is 0.936. The summed E-state index contributed by atoms with van der Waals surface area (Å²) in [7, 11) is 0. The molecule has 0 saturated heterocycles. The van der Waals surface area contributed by atoms with Gasteiger partial charge in [0, 0.05) is 12.1 Å². The maximum absolute atomic E-state index is 4.55. The molecule has 21 heavy (non-hydrogen) atoms. The van der Waals surface area contributed by atoms with E-state index in [2.05, 4.69) is 29.4 Å². The fraction of sp³-hybridized carbons (Fsp3) is 0.529. The zero-order valence-corrected chi connectivity index (χ0v) is 12.9. The number of para-hydroxylation sites is 1. The molecule has 1 aromatic heterocycles. The largest absolute Gasteiger partial charge is 0.306 e. The number of nitrogens with zero attached hydrogens (tertiary/aromatic N) is 3. The normalized spacial score (nSPS) is 25.9. The van der Waals surface area contributed by atoms with Gasteiger partial charge in [-0.3, -0.25) is 0 Å². The van der Waals surface area contributed by atoms with Gasteiger partial charge in [-0.05, 0) is 50.7 Å². The summed E-state index contributed by atoms with van der Waals surface area (Å²) in [6.45, 7) is 5.48. The van der Waals surface area contributed by atoms with Gasteiger partial charge >= 0.3 is 0 Å². The molecule has 0 aliphatic heterocycles. The van der Waals surface area contributed by atoms with Gasteiger partial charge in [-0.15, -0.1) is 0 Å². The van der Waals surface area contributed by atoms with E-state index in [0.29, 0.717) is 0 Å². The average Bonchev–Trinajstić information content (AvgIpc) is 2.99. The fourth-order valence-electron chi connectivity index (χ4n) is 2.94. The Morgan fingerprint density at radius 1 is 1.24 bits per heavy atom. The van der Waals surface area contributed by atoms with Gasteiger partial charge in [0.2, 0.25) is 0 Å². The van der Waals surface area contributed by atoms with Gasteiger partial charge in [-0.2, -0.15) is 15.0 Å². The number of rotatable bonds is 4. The highest BCUT2D eigenvalue weighted by molar-refractivity contribution is 5.28. The summed E-state index contributed by atoms with van der Waals surface area (Å²) >= 11 is 0. The summed E-state index contributed by atoms with van der Waals surface area (Å²) in [5, 5.41) is 12.6. The maximum Gasteiger partial charge on any atom is 0.0969 e. The molecular weight excluding hydrogens is 260 g/mol. The van der Waals surface area contributed by atoms with Crippen molar-refractivity contribution in [3.63, 3.8) is 0 Å². The zero-order chi connectivity index (χ0) is 14.7. The lowest BCUT2D eigenvalue weighted by atomic mass is 9.78. The van der Waals surface area contributed by atoms with Crippen molar-refractivity contribution in [2.24, 2.45) is 5.92 Å². The lowest BCUT2D eigenvalue weighted by Crippen LogP contribution is -2.44. The lowest BCUT2D eigenvalue weighted by molar-refractivity contribution is 0.212. The predicted octanol–water partition coefficient (Wildman–Crippen LogP) is 3.33. The van der Waals surface area contributed by atoms with E-state index in [4.69, 9.17) is 0 Å². The van der Waals surface area contributed by atoms with Crippen molar-refractivity contribution in [2.75, 3.05) is 0 Å². The molecule has 1 N–H and O–H groups in total. The van der Waals surface area contributed by atoms with Crippen LogP contribution in [0.2, 0.25) is 0 Å². The van der Waals surface area contributed by atoms with Crippen LogP contribution in [-0.4, -0.2) is 20.5 Å². The maximum atomic E-state index is 4.55. The molecule has 4 nitrogen and oxygen atoms in total. The van der Waals surface area contributed by atoms with Crippen LogP contribution < -0.4 is 5.32 Å². The number of hydrogen-bond acceptors (Lipinski definition) is 3. The van der Waals surface area contributed by atoms with Gasteiger partial charge in [-0.1, -0.05) is 25.1 Å². The summed E-state index contributed by atoms with van der Waals surface area (Å²) in [6, 6.07) is 10.0. The first kappa shape index (κ1) is 14.3. The van der Waals surface area contributed by atoms with Crippen molar-refractivity contribution in [3.8, 4) is 5.69 Å². The number of benzene rings is 1. The van der Waals surface area contributed by atoms with E-state index in [1.807, 2.05) is 36.5 Å². The highest BCUT2D eigenvalue weighted by Crippen LogP contribution is 2.31. The highest BCUT2D eigenvalue weighted by Gasteiger charge is 2.28. The van der Waals surface area contributed by atoms with E-state index >= 15 is 0 Å². The second-order valence-corrected chi connectivity index (χ2v) is 6.56. The summed E-state index contributed by atoms with van der Waals surface area (Å²) in [5.74, 6) is 0.874. The van der Waals surface area contributed by atoms with E-state index < -0.39 is 0 Å². The molecular formula is C17H24N4. The van der Waals surface area contributed by atoms with Gasteiger partial charge in [0.1, 0.15) is 0 Å². The number of aromatic nitrogens is 3. The molecule has 2 aromatic rings. The topological polar surface area (TPSA) is 42.7 Å². The Kier molecular flexibility index (Phi) is 4.06. The van der Waals surface area contributed by atoms with Gasteiger partial charge in [0.25, 0.3) is 0 Å². The van der Waals surface area contributed by atoms with Crippen LogP contribution in [0.5, 0.6) is 0 Å². The third-order valence-corrected chi connectivity index (χ3v) is 4.60. The van der Waals surface area contributed by atoms with E-state index in [9.17, 15) is 0 Å². The molecule has 0 unspecified atom stereocenters. The van der Waals surface area contributed by atoms with Crippen LogP contribution in [0.4, 0.5) is 0 Å². The Balaban J connectivity index is 1.60. The molecule has 0 spiro atoms. The van der Waals surface area contributed by atoms with Crippen LogP contribution in [-0.2, 0) is 6.54 Å². The highest BCUT2D eigenvalue weighted by atomic mass is 15.5. The van der Waals surface area contributed by atoms with Crippen molar-refractivity contribution in [1.82, 2.24) is 20.3 Å². The molecule has 1 heterocycles. The minimum absolute atomic E-state index is 0.253. The van der Waals surface area contributed by atoms with E-state index in [1.165, 1.54) is 25.7 Å². The molecule has 1 aliphatic carbocycles. The van der Waals surface area contributed by atoms with Crippen molar-refractivity contribution < 1.29 is 0 Å². The Morgan fingerprint density at radius 2 is 1.95 bits per heavy atom. The SMILES string of the molecule is CC1CCC(C)(NCc2cnn(-c3ccccc3)n2)CC1. The molecule has 1 aliphatic rings. The Bertz CT molecular complexity index is 567. The average molecular weight is 284 g/mol. The molecule has 0 amide bonds. The molecule has 0 atom stereocenters. The summed E-state index contributed by atoms with van der Waals surface area (Å²) in [6.07, 6.45) is 7.00. The third-order valence-electron chi connectivity index (χ3n) is 4.60. The van der Waals surface area contributed by atoms with Crippen LogP contribution in [0.15, 0.2) is 36.5 Å². The fourth-order valence-corrected chi connectivity index (χ4v) is 2.94. The predicted molar refractivity (Wildman–Crippen MR) is 84.2 cm³/mol. The van der Waals surface area contributed by atoms with Crippen LogP contribution in [0.1, 0.15) is 45.2 Å². The molecule has 0 bridgehead atoms. The second kappa shape index (κ2) is 5.98. The Labute approximate surface area is 126 Å². The van der Waals surface area contributed by atoms with Crippen molar-refractivity contribution in [3.05, 3.63) is 42.2 Å². The van der Waals surface area contributed by atoms with Gasteiger partial charge in [-0.25, -0.2) is 0 Å². The van der Waals surface area contributed by atoms with Crippen LogP contribution in [0.3, 0.4) is 0 Å². The molecule has 4 heteroatoms. The molecule has 1 saturated carbocycles. The Morgan fingerprint density at radius 3 is 2.67 bits per heavy atom. The standard InChI is InChI=1S/C17H24N4/c1-14-8-10-17(2,11-9-14)18-12-15-13-19-21(20-15)16-6-4-3-5-7-16/h3-7,13-14,18H,8-12H2,1-2H3. The molecule has 1 fully saturated rings. The van der Waals surface area contributed by atoms with Gasteiger partial charge < -0.3 is 5.32 Å². The minimum Gasteiger partial charge on any atom is -0.306 e. The van der Waals surface area contributed by atoms with Crippen LogP contribution in [0, 0.1) is 5.92 Å². The lowest BCUT2D eigenvalue weighted by Gasteiger charge is -2.37. The first-order chi connectivity index (χ1) is 10.1. The third kappa shape index (κ3) is 3.50. The first-order valence-electron chi connectivity index (χ1n) is 7.86. The van der Waals surface area contributed by atoms with E-state index in [1.54, 1.807) is 4.80 Å². The van der Waals surface area contributed by atoms with Gasteiger partial charge in [0.15, 0.2) is 0 Å². The number of nitrogens with one attached hydrogen (secondary N) is 1. The van der Waals surface area contributed by atoms with Crippen LogP contribution in [0.25, 0.3) is 5.69 Å². The summed E-state index contributed by atoms with van der Waals surface area (Å²) in [5.41, 5.74) is 2.25. The van der Waals surface area contributed by atoms with Crippen molar-refractivity contribution in [1.29, 1.82) is 0 Å².